The van der Waals surface area contributed by atoms with Crippen LogP contribution in [0.25, 0.3) is 0 Å². The van der Waals surface area contributed by atoms with E-state index in [1.807, 2.05) is 6.92 Å². The van der Waals surface area contributed by atoms with Crippen molar-refractivity contribution in [3.8, 4) is 0 Å². The molecule has 0 radical (unpaired) electrons. The maximum Gasteiger partial charge on any atom is 0.335 e. The van der Waals surface area contributed by atoms with Crippen molar-refractivity contribution in [1.82, 2.24) is 0 Å². The molecule has 0 saturated heterocycles. The zero-order valence-electron chi connectivity index (χ0n) is 11.0. The standard InChI is InChI=1S/C14H20FNO2/c1-9(2)4-5-10(3)16-13-8-11(14(17)18)6-7-12(13)15/h6-10,16H,4-5H2,1-3H3,(H,17,18). The lowest BCUT2D eigenvalue weighted by Crippen LogP contribution is -2.17. The minimum absolute atomic E-state index is 0.0926. The highest BCUT2D eigenvalue weighted by Crippen LogP contribution is 2.19. The monoisotopic (exact) mass is 253 g/mol. The first-order valence-electron chi connectivity index (χ1n) is 6.19. The number of aromatic carboxylic acids is 1. The Morgan fingerprint density at radius 3 is 2.56 bits per heavy atom. The van der Waals surface area contributed by atoms with E-state index in [1.165, 1.54) is 18.2 Å². The second-order valence-electron chi connectivity index (χ2n) is 5.02. The molecule has 0 aliphatic carbocycles. The Morgan fingerprint density at radius 1 is 1.33 bits per heavy atom. The number of benzene rings is 1. The summed E-state index contributed by atoms with van der Waals surface area (Å²) >= 11 is 0. The van der Waals surface area contributed by atoms with Crippen LogP contribution in [0.5, 0.6) is 0 Å². The van der Waals surface area contributed by atoms with Crippen LogP contribution in [0.1, 0.15) is 44.0 Å². The van der Waals surface area contributed by atoms with E-state index in [9.17, 15) is 9.18 Å². The van der Waals surface area contributed by atoms with Crippen molar-refractivity contribution in [3.63, 3.8) is 0 Å². The van der Waals surface area contributed by atoms with E-state index in [4.69, 9.17) is 5.11 Å². The predicted octanol–water partition coefficient (Wildman–Crippen LogP) is 3.76. The van der Waals surface area contributed by atoms with Gasteiger partial charge < -0.3 is 10.4 Å². The average molecular weight is 253 g/mol. The molecular weight excluding hydrogens is 233 g/mol. The first-order chi connectivity index (χ1) is 8.40. The molecule has 0 spiro atoms. The summed E-state index contributed by atoms with van der Waals surface area (Å²) in [6.45, 7) is 6.24. The number of hydrogen-bond donors (Lipinski definition) is 2. The molecule has 0 amide bonds. The smallest absolute Gasteiger partial charge is 0.335 e. The predicted molar refractivity (Wildman–Crippen MR) is 70.5 cm³/mol. The third-order valence-corrected chi connectivity index (χ3v) is 2.79. The van der Waals surface area contributed by atoms with Crippen LogP contribution >= 0.6 is 0 Å². The summed E-state index contributed by atoms with van der Waals surface area (Å²) in [5.74, 6) is -0.867. The first-order valence-corrected chi connectivity index (χ1v) is 6.19. The van der Waals surface area contributed by atoms with Crippen molar-refractivity contribution < 1.29 is 14.3 Å². The van der Waals surface area contributed by atoms with E-state index in [0.717, 1.165) is 12.8 Å². The molecular formula is C14H20FNO2. The van der Waals surface area contributed by atoms with Gasteiger partial charge in [-0.25, -0.2) is 9.18 Å². The molecule has 18 heavy (non-hydrogen) atoms. The molecule has 0 saturated carbocycles. The SMILES string of the molecule is CC(C)CCC(C)Nc1cc(C(=O)O)ccc1F. The molecule has 1 rings (SSSR count). The zero-order chi connectivity index (χ0) is 13.7. The first kappa shape index (κ1) is 14.5. The van der Waals surface area contributed by atoms with Crippen LogP contribution in [0, 0.1) is 11.7 Å². The Bertz CT molecular complexity index is 418. The second kappa shape index (κ2) is 6.38. The van der Waals surface area contributed by atoms with E-state index in [1.54, 1.807) is 0 Å². The van der Waals surface area contributed by atoms with Crippen molar-refractivity contribution in [1.29, 1.82) is 0 Å². The highest BCUT2D eigenvalue weighted by atomic mass is 19.1. The van der Waals surface area contributed by atoms with Gasteiger partial charge in [-0.2, -0.15) is 0 Å². The van der Waals surface area contributed by atoms with Gasteiger partial charge in [-0.1, -0.05) is 13.8 Å². The number of carbonyl (C=O) groups is 1. The van der Waals surface area contributed by atoms with E-state index < -0.39 is 11.8 Å². The normalized spacial score (nSPS) is 12.5. The lowest BCUT2D eigenvalue weighted by molar-refractivity contribution is 0.0697. The number of carboxylic acid groups (broad SMARTS) is 1. The summed E-state index contributed by atoms with van der Waals surface area (Å²) in [6.07, 6.45) is 1.98. The molecule has 0 aliphatic heterocycles. The number of rotatable bonds is 6. The van der Waals surface area contributed by atoms with Crippen LogP contribution in [0.2, 0.25) is 0 Å². The van der Waals surface area contributed by atoms with Gasteiger partial charge in [0.25, 0.3) is 0 Å². The molecule has 1 aromatic carbocycles. The van der Waals surface area contributed by atoms with Gasteiger partial charge >= 0.3 is 5.97 Å². The lowest BCUT2D eigenvalue weighted by Gasteiger charge is -2.17. The third-order valence-electron chi connectivity index (χ3n) is 2.79. The molecule has 0 bridgehead atoms. The van der Waals surface area contributed by atoms with Gasteiger partial charge in [-0.15, -0.1) is 0 Å². The Hall–Kier alpha value is -1.58. The fraction of sp³-hybridized carbons (Fsp3) is 0.500. The topological polar surface area (TPSA) is 49.3 Å². The minimum atomic E-state index is -1.05. The molecule has 1 atom stereocenters. The van der Waals surface area contributed by atoms with Crippen LogP contribution in [0.4, 0.5) is 10.1 Å². The molecule has 1 unspecified atom stereocenters. The molecule has 0 heterocycles. The number of anilines is 1. The second-order valence-corrected chi connectivity index (χ2v) is 5.02. The fourth-order valence-corrected chi connectivity index (χ4v) is 1.69. The fourth-order valence-electron chi connectivity index (χ4n) is 1.69. The van der Waals surface area contributed by atoms with Crippen molar-refractivity contribution in [2.45, 2.75) is 39.7 Å². The summed E-state index contributed by atoms with van der Waals surface area (Å²) in [4.78, 5) is 10.8. The molecule has 1 aromatic rings. The number of hydrogen-bond acceptors (Lipinski definition) is 2. The maximum absolute atomic E-state index is 13.5. The highest BCUT2D eigenvalue weighted by molar-refractivity contribution is 5.88. The van der Waals surface area contributed by atoms with E-state index >= 15 is 0 Å². The van der Waals surface area contributed by atoms with Gasteiger partial charge in [0, 0.05) is 6.04 Å². The van der Waals surface area contributed by atoms with Gasteiger partial charge in [-0.05, 0) is 43.9 Å². The molecule has 4 heteroatoms. The largest absolute Gasteiger partial charge is 0.478 e. The van der Waals surface area contributed by atoms with Crippen LogP contribution in [0.3, 0.4) is 0 Å². The summed E-state index contributed by atoms with van der Waals surface area (Å²) in [7, 11) is 0. The molecule has 3 nitrogen and oxygen atoms in total. The van der Waals surface area contributed by atoms with E-state index in [-0.39, 0.29) is 17.3 Å². The quantitative estimate of drug-likeness (QED) is 0.811. The lowest BCUT2D eigenvalue weighted by atomic mass is 10.0. The van der Waals surface area contributed by atoms with Crippen LogP contribution in [-0.2, 0) is 0 Å². The van der Waals surface area contributed by atoms with Crippen LogP contribution < -0.4 is 5.32 Å². The maximum atomic E-state index is 13.5. The molecule has 2 N–H and O–H groups in total. The number of nitrogens with one attached hydrogen (secondary N) is 1. The van der Waals surface area contributed by atoms with Crippen molar-refractivity contribution >= 4 is 11.7 Å². The van der Waals surface area contributed by atoms with E-state index in [2.05, 4.69) is 19.2 Å². The van der Waals surface area contributed by atoms with Crippen LogP contribution in [-0.4, -0.2) is 17.1 Å². The summed E-state index contributed by atoms with van der Waals surface area (Å²) in [6, 6.07) is 3.90. The highest BCUT2D eigenvalue weighted by Gasteiger charge is 2.11. The van der Waals surface area contributed by atoms with Gasteiger partial charge in [0.2, 0.25) is 0 Å². The van der Waals surface area contributed by atoms with Crippen molar-refractivity contribution in [3.05, 3.63) is 29.6 Å². The summed E-state index contributed by atoms with van der Waals surface area (Å²) < 4.78 is 13.5. The summed E-state index contributed by atoms with van der Waals surface area (Å²) in [5, 5.41) is 11.9. The van der Waals surface area contributed by atoms with Crippen molar-refractivity contribution in [2.24, 2.45) is 5.92 Å². The Morgan fingerprint density at radius 2 is 2.00 bits per heavy atom. The molecule has 0 aliphatic rings. The molecule has 100 valence electrons. The van der Waals surface area contributed by atoms with Gasteiger partial charge in [0.1, 0.15) is 5.82 Å². The Balaban J connectivity index is 2.71. The van der Waals surface area contributed by atoms with Gasteiger partial charge in [0.15, 0.2) is 0 Å². The number of carboxylic acids is 1. The minimum Gasteiger partial charge on any atom is -0.478 e. The Kier molecular flexibility index (Phi) is 5.13. The molecule has 0 aromatic heterocycles. The Labute approximate surface area is 107 Å². The zero-order valence-corrected chi connectivity index (χ0v) is 11.0. The number of halogens is 1. The van der Waals surface area contributed by atoms with Crippen molar-refractivity contribution in [2.75, 3.05) is 5.32 Å². The summed E-state index contributed by atoms with van der Waals surface area (Å²) in [5.41, 5.74) is 0.348. The third kappa shape index (κ3) is 4.35. The van der Waals surface area contributed by atoms with E-state index in [0.29, 0.717) is 5.92 Å². The van der Waals surface area contributed by atoms with Crippen LogP contribution in [0.15, 0.2) is 18.2 Å². The van der Waals surface area contributed by atoms with Gasteiger partial charge in [0.05, 0.1) is 11.3 Å². The average Bonchev–Trinajstić information content (AvgIpc) is 2.29. The van der Waals surface area contributed by atoms with Gasteiger partial charge in [-0.3, -0.25) is 0 Å². The molecule has 0 fully saturated rings.